The highest BCUT2D eigenvalue weighted by molar-refractivity contribution is 9.11. The van der Waals surface area contributed by atoms with Crippen molar-refractivity contribution in [3.8, 4) is 5.75 Å². The van der Waals surface area contributed by atoms with Gasteiger partial charge in [-0.1, -0.05) is 15.9 Å². The van der Waals surface area contributed by atoms with Gasteiger partial charge in [0, 0.05) is 22.3 Å². The van der Waals surface area contributed by atoms with Crippen LogP contribution in [0, 0.1) is 5.82 Å². The van der Waals surface area contributed by atoms with Crippen molar-refractivity contribution < 1.29 is 9.13 Å². The van der Waals surface area contributed by atoms with E-state index in [4.69, 9.17) is 4.74 Å². The molecule has 0 spiro atoms. The third-order valence-electron chi connectivity index (χ3n) is 2.78. The zero-order chi connectivity index (χ0) is 15.4. The first-order valence-electron chi connectivity index (χ1n) is 6.31. The maximum absolute atomic E-state index is 13.5. The second kappa shape index (κ2) is 7.61. The smallest absolute Gasteiger partial charge is 0.139 e. The van der Waals surface area contributed by atoms with Crippen LogP contribution in [0.5, 0.6) is 5.75 Å². The molecule has 0 unspecified atom stereocenters. The lowest BCUT2D eigenvalue weighted by molar-refractivity contribution is 0.334. The fourth-order valence-electron chi connectivity index (χ4n) is 1.85. The zero-order valence-corrected chi connectivity index (χ0v) is 16.0. The van der Waals surface area contributed by atoms with E-state index in [0.29, 0.717) is 23.3 Å². The number of halogens is 4. The molecule has 2 nitrogen and oxygen atoms in total. The molecule has 0 heterocycles. The van der Waals surface area contributed by atoms with E-state index in [0.717, 1.165) is 20.3 Å². The summed E-state index contributed by atoms with van der Waals surface area (Å²) in [6, 6.07) is 8.88. The van der Waals surface area contributed by atoms with Gasteiger partial charge in [0.15, 0.2) is 0 Å². The molecule has 0 bridgehead atoms. The first-order chi connectivity index (χ1) is 10.0. The minimum atomic E-state index is -0.291. The molecule has 0 atom stereocenters. The van der Waals surface area contributed by atoms with Gasteiger partial charge in [0.1, 0.15) is 11.6 Å². The second-order valence-electron chi connectivity index (χ2n) is 4.29. The third-order valence-corrected chi connectivity index (χ3v) is 4.47. The van der Waals surface area contributed by atoms with Crippen molar-refractivity contribution in [3.63, 3.8) is 0 Å². The minimum Gasteiger partial charge on any atom is -0.492 e. The Morgan fingerprint density at radius 1 is 1.10 bits per heavy atom. The molecule has 21 heavy (non-hydrogen) atoms. The molecule has 0 aliphatic heterocycles. The van der Waals surface area contributed by atoms with Crippen LogP contribution in [0.15, 0.2) is 43.7 Å². The van der Waals surface area contributed by atoms with E-state index in [1.807, 2.05) is 25.1 Å². The Morgan fingerprint density at radius 2 is 1.86 bits per heavy atom. The molecule has 0 saturated heterocycles. The normalized spacial score (nSPS) is 10.5. The SMILES string of the molecule is CCOc1c(Br)cc(Br)cc1CNc1ccc(Br)c(F)c1. The van der Waals surface area contributed by atoms with Gasteiger partial charge in [-0.05, 0) is 69.1 Å². The topological polar surface area (TPSA) is 21.3 Å². The minimum absolute atomic E-state index is 0.291. The van der Waals surface area contributed by atoms with Crippen LogP contribution < -0.4 is 10.1 Å². The Bertz CT molecular complexity index is 649. The van der Waals surface area contributed by atoms with Crippen molar-refractivity contribution in [3.05, 3.63) is 55.1 Å². The Balaban J connectivity index is 2.20. The van der Waals surface area contributed by atoms with Crippen LogP contribution in [0.1, 0.15) is 12.5 Å². The van der Waals surface area contributed by atoms with E-state index in [1.54, 1.807) is 6.07 Å². The molecule has 0 fully saturated rings. The molecule has 0 aliphatic rings. The number of ether oxygens (including phenoxy) is 1. The first kappa shape index (κ1) is 16.8. The van der Waals surface area contributed by atoms with E-state index in [9.17, 15) is 4.39 Å². The van der Waals surface area contributed by atoms with Crippen molar-refractivity contribution in [2.45, 2.75) is 13.5 Å². The van der Waals surface area contributed by atoms with E-state index in [1.165, 1.54) is 6.07 Å². The summed E-state index contributed by atoms with van der Waals surface area (Å²) in [5.74, 6) is 0.506. The van der Waals surface area contributed by atoms with Gasteiger partial charge in [0.05, 0.1) is 15.6 Å². The summed E-state index contributed by atoms with van der Waals surface area (Å²) >= 11 is 10.1. The maximum Gasteiger partial charge on any atom is 0.139 e. The molecule has 0 aliphatic carbocycles. The van der Waals surface area contributed by atoms with Gasteiger partial charge < -0.3 is 10.1 Å². The van der Waals surface area contributed by atoms with Crippen LogP contribution in [0.25, 0.3) is 0 Å². The van der Waals surface area contributed by atoms with Gasteiger partial charge in [-0.2, -0.15) is 0 Å². The van der Waals surface area contributed by atoms with Crippen molar-refractivity contribution >= 4 is 53.5 Å². The quantitative estimate of drug-likeness (QED) is 0.555. The fourth-order valence-corrected chi connectivity index (χ4v) is 3.53. The molecule has 0 radical (unpaired) electrons. The van der Waals surface area contributed by atoms with Crippen molar-refractivity contribution in [2.75, 3.05) is 11.9 Å². The molecule has 0 saturated carbocycles. The highest BCUT2D eigenvalue weighted by atomic mass is 79.9. The summed E-state index contributed by atoms with van der Waals surface area (Å²) in [7, 11) is 0. The molecular formula is C15H13Br3FNO. The number of nitrogens with one attached hydrogen (secondary N) is 1. The predicted octanol–water partition coefficient (Wildman–Crippen LogP) is 6.12. The van der Waals surface area contributed by atoms with Gasteiger partial charge in [-0.3, -0.25) is 0 Å². The molecular weight excluding hydrogens is 469 g/mol. The summed E-state index contributed by atoms with van der Waals surface area (Å²) in [6.07, 6.45) is 0. The van der Waals surface area contributed by atoms with Gasteiger partial charge in [0.2, 0.25) is 0 Å². The summed E-state index contributed by atoms with van der Waals surface area (Å²) in [5.41, 5.74) is 1.70. The van der Waals surface area contributed by atoms with Crippen LogP contribution in [0.3, 0.4) is 0 Å². The molecule has 2 aromatic rings. The number of benzene rings is 2. The highest BCUT2D eigenvalue weighted by Gasteiger charge is 2.10. The van der Waals surface area contributed by atoms with Crippen LogP contribution in [0.2, 0.25) is 0 Å². The van der Waals surface area contributed by atoms with Crippen molar-refractivity contribution in [2.24, 2.45) is 0 Å². The van der Waals surface area contributed by atoms with Crippen LogP contribution in [0.4, 0.5) is 10.1 Å². The first-order valence-corrected chi connectivity index (χ1v) is 8.68. The lowest BCUT2D eigenvalue weighted by Gasteiger charge is -2.14. The zero-order valence-electron chi connectivity index (χ0n) is 11.2. The van der Waals surface area contributed by atoms with Crippen molar-refractivity contribution in [1.82, 2.24) is 0 Å². The summed E-state index contributed by atoms with van der Waals surface area (Å²) < 4.78 is 21.5. The molecule has 2 aromatic carbocycles. The fraction of sp³-hybridized carbons (Fsp3) is 0.200. The van der Waals surface area contributed by atoms with Gasteiger partial charge in [0.25, 0.3) is 0 Å². The Kier molecular flexibility index (Phi) is 6.08. The maximum atomic E-state index is 13.5. The Morgan fingerprint density at radius 3 is 2.52 bits per heavy atom. The van der Waals surface area contributed by atoms with Crippen molar-refractivity contribution in [1.29, 1.82) is 0 Å². The molecule has 1 N–H and O–H groups in total. The van der Waals surface area contributed by atoms with Gasteiger partial charge >= 0.3 is 0 Å². The van der Waals surface area contributed by atoms with Crippen LogP contribution in [-0.2, 0) is 6.54 Å². The van der Waals surface area contributed by atoms with Gasteiger partial charge in [-0.25, -0.2) is 4.39 Å². The number of rotatable bonds is 5. The summed E-state index contributed by atoms with van der Waals surface area (Å²) in [5, 5.41) is 3.20. The number of anilines is 1. The number of hydrogen-bond acceptors (Lipinski definition) is 2. The van der Waals surface area contributed by atoms with Crippen LogP contribution >= 0.6 is 47.8 Å². The lowest BCUT2D eigenvalue weighted by atomic mass is 10.2. The van der Waals surface area contributed by atoms with E-state index < -0.39 is 0 Å². The predicted molar refractivity (Wildman–Crippen MR) is 94.4 cm³/mol. The molecule has 112 valence electrons. The monoisotopic (exact) mass is 479 g/mol. The molecule has 0 amide bonds. The summed E-state index contributed by atoms with van der Waals surface area (Å²) in [4.78, 5) is 0. The van der Waals surface area contributed by atoms with E-state index in [2.05, 4.69) is 53.1 Å². The van der Waals surface area contributed by atoms with E-state index in [-0.39, 0.29) is 5.82 Å². The number of hydrogen-bond donors (Lipinski definition) is 1. The van der Waals surface area contributed by atoms with Crippen LogP contribution in [-0.4, -0.2) is 6.61 Å². The molecule has 6 heteroatoms. The Labute approximate surface area is 148 Å². The third kappa shape index (κ3) is 4.44. The largest absolute Gasteiger partial charge is 0.492 e. The molecule has 0 aromatic heterocycles. The highest BCUT2D eigenvalue weighted by Crippen LogP contribution is 2.33. The molecule has 2 rings (SSSR count). The van der Waals surface area contributed by atoms with Gasteiger partial charge in [-0.15, -0.1) is 0 Å². The lowest BCUT2D eigenvalue weighted by Crippen LogP contribution is -2.04. The average molecular weight is 482 g/mol. The standard InChI is InChI=1S/C15H13Br3FNO/c1-2-21-15-9(5-10(16)6-13(15)18)8-20-11-3-4-12(17)14(19)7-11/h3-7,20H,2,8H2,1H3. The second-order valence-corrected chi connectivity index (χ2v) is 6.92. The Hall–Kier alpha value is -0.590. The summed E-state index contributed by atoms with van der Waals surface area (Å²) in [6.45, 7) is 3.06. The average Bonchev–Trinajstić information content (AvgIpc) is 2.43. The van der Waals surface area contributed by atoms with E-state index >= 15 is 0 Å².